The third-order valence-corrected chi connectivity index (χ3v) is 4.76. The highest BCUT2D eigenvalue weighted by Gasteiger charge is 2.12. The lowest BCUT2D eigenvalue weighted by atomic mass is 10.1. The van der Waals surface area contributed by atoms with E-state index in [1.54, 1.807) is 49.8 Å². The summed E-state index contributed by atoms with van der Waals surface area (Å²) >= 11 is 0. The lowest BCUT2D eigenvalue weighted by Gasteiger charge is -2.12. The molecule has 0 saturated carbocycles. The number of carbonyl (C=O) groups is 1. The lowest BCUT2D eigenvalue weighted by molar-refractivity contribution is 0.251. The molecule has 0 fully saturated rings. The van der Waals surface area contributed by atoms with Gasteiger partial charge in [0.2, 0.25) is 0 Å². The monoisotopic (exact) mass is 415 g/mol. The highest BCUT2D eigenvalue weighted by molar-refractivity contribution is 5.90. The summed E-state index contributed by atoms with van der Waals surface area (Å²) in [5.74, 6) is 0.706. The second-order valence-corrected chi connectivity index (χ2v) is 6.85. The predicted molar refractivity (Wildman–Crippen MR) is 118 cm³/mol. The van der Waals surface area contributed by atoms with E-state index < -0.39 is 0 Å². The first-order valence-corrected chi connectivity index (χ1v) is 9.70. The number of aromatic nitrogens is 3. The van der Waals surface area contributed by atoms with E-state index in [9.17, 15) is 9.59 Å². The number of hydrogen-bond acceptors (Lipinski definition) is 5. The fraction of sp³-hybridized carbons (Fsp3) is 0.130. The van der Waals surface area contributed by atoms with Gasteiger partial charge in [0.1, 0.15) is 5.75 Å². The first-order chi connectivity index (χ1) is 15.1. The summed E-state index contributed by atoms with van der Waals surface area (Å²) in [6.45, 7) is 0.457. The Bertz CT molecular complexity index is 1250. The molecule has 156 valence electrons. The Labute approximate surface area is 178 Å². The molecule has 2 aromatic carbocycles. The van der Waals surface area contributed by atoms with Gasteiger partial charge < -0.3 is 15.4 Å². The van der Waals surface area contributed by atoms with E-state index in [4.69, 9.17) is 4.74 Å². The molecule has 2 heterocycles. The van der Waals surface area contributed by atoms with Gasteiger partial charge in [0, 0.05) is 23.5 Å². The van der Waals surface area contributed by atoms with E-state index in [0.29, 0.717) is 34.4 Å². The van der Waals surface area contributed by atoms with Gasteiger partial charge >= 0.3 is 6.03 Å². The Balaban J connectivity index is 1.55. The smallest absolute Gasteiger partial charge is 0.319 e. The molecule has 8 nitrogen and oxygen atoms in total. The van der Waals surface area contributed by atoms with Crippen molar-refractivity contribution in [3.8, 4) is 5.75 Å². The quantitative estimate of drug-likeness (QED) is 0.504. The number of rotatable bonds is 6. The molecular weight excluding hydrogens is 394 g/mol. The van der Waals surface area contributed by atoms with Gasteiger partial charge in [-0.3, -0.25) is 9.78 Å². The molecule has 0 unspecified atom stereocenters. The van der Waals surface area contributed by atoms with E-state index in [-0.39, 0.29) is 18.1 Å². The maximum atomic E-state index is 12.9. The van der Waals surface area contributed by atoms with E-state index in [1.165, 1.54) is 4.68 Å². The number of fused-ring (bicyclic) bond motifs is 1. The number of ether oxygens (including phenoxy) is 1. The number of hydrogen-bond donors (Lipinski definition) is 2. The van der Waals surface area contributed by atoms with Gasteiger partial charge in [-0.15, -0.1) is 0 Å². The number of benzene rings is 2. The normalized spacial score (nSPS) is 10.6. The Morgan fingerprint density at radius 3 is 2.52 bits per heavy atom. The average molecular weight is 415 g/mol. The van der Waals surface area contributed by atoms with E-state index in [1.807, 2.05) is 30.3 Å². The average Bonchev–Trinajstić information content (AvgIpc) is 2.81. The van der Waals surface area contributed by atoms with Crippen molar-refractivity contribution in [2.24, 2.45) is 0 Å². The van der Waals surface area contributed by atoms with Crippen molar-refractivity contribution in [1.29, 1.82) is 0 Å². The first-order valence-electron chi connectivity index (χ1n) is 9.70. The second kappa shape index (κ2) is 9.08. The molecule has 4 aromatic rings. The largest absolute Gasteiger partial charge is 0.497 e. The van der Waals surface area contributed by atoms with E-state index >= 15 is 0 Å². The molecule has 0 atom stereocenters. The van der Waals surface area contributed by atoms with E-state index in [2.05, 4.69) is 20.7 Å². The number of urea groups is 1. The number of amides is 2. The number of anilines is 1. The van der Waals surface area contributed by atoms with Crippen molar-refractivity contribution in [3.05, 3.63) is 94.7 Å². The minimum Gasteiger partial charge on any atom is -0.497 e. The summed E-state index contributed by atoms with van der Waals surface area (Å²) < 4.78 is 6.52. The molecule has 8 heteroatoms. The zero-order chi connectivity index (χ0) is 21.6. The Morgan fingerprint density at radius 2 is 1.81 bits per heavy atom. The molecule has 0 aliphatic heterocycles. The van der Waals surface area contributed by atoms with Gasteiger partial charge in [0.25, 0.3) is 5.56 Å². The van der Waals surface area contributed by atoms with Crippen LogP contribution in [0.5, 0.6) is 5.75 Å². The molecule has 2 N–H and O–H groups in total. The Morgan fingerprint density at radius 1 is 1.03 bits per heavy atom. The zero-order valence-electron chi connectivity index (χ0n) is 16.9. The van der Waals surface area contributed by atoms with Crippen LogP contribution in [0.1, 0.15) is 11.3 Å². The predicted octanol–water partition coefficient (Wildman–Crippen LogP) is 3.17. The number of nitrogens with one attached hydrogen (secondary N) is 2. The van der Waals surface area contributed by atoms with E-state index in [0.717, 1.165) is 5.56 Å². The van der Waals surface area contributed by atoms with Crippen LogP contribution in [-0.2, 0) is 13.1 Å². The number of nitrogens with zero attached hydrogens (tertiary/aromatic N) is 3. The minimum atomic E-state index is -0.374. The fourth-order valence-corrected chi connectivity index (χ4v) is 3.22. The first kappa shape index (κ1) is 20.1. The Hall–Kier alpha value is -4.20. The summed E-state index contributed by atoms with van der Waals surface area (Å²) in [6.07, 6.45) is 3.38. The van der Waals surface area contributed by atoms with Crippen LogP contribution in [0.15, 0.2) is 77.9 Å². The van der Waals surface area contributed by atoms with Gasteiger partial charge in [-0.1, -0.05) is 24.3 Å². The maximum Gasteiger partial charge on any atom is 0.319 e. The Kier molecular flexibility index (Phi) is 5.89. The van der Waals surface area contributed by atoms with Crippen LogP contribution in [0.4, 0.5) is 10.5 Å². The third-order valence-electron chi connectivity index (χ3n) is 4.76. The molecule has 0 aliphatic carbocycles. The fourth-order valence-electron chi connectivity index (χ4n) is 3.22. The van der Waals surface area contributed by atoms with Gasteiger partial charge in [0.05, 0.1) is 31.3 Å². The number of methoxy groups -OCH3 is 1. The zero-order valence-corrected chi connectivity index (χ0v) is 16.9. The van der Waals surface area contributed by atoms with Crippen LogP contribution in [-0.4, -0.2) is 27.9 Å². The van der Waals surface area contributed by atoms with Crippen molar-refractivity contribution >= 4 is 22.5 Å². The van der Waals surface area contributed by atoms with Gasteiger partial charge in [-0.2, -0.15) is 5.10 Å². The van der Waals surface area contributed by atoms with Crippen molar-refractivity contribution in [2.45, 2.75) is 13.1 Å². The van der Waals surface area contributed by atoms with Crippen molar-refractivity contribution in [2.75, 3.05) is 12.4 Å². The SMILES string of the molecule is COc1ccc(NC(=O)NCc2nn(Cc3cccnc3)c(=O)c3ccccc23)cc1. The molecule has 4 rings (SSSR count). The molecule has 0 bridgehead atoms. The molecular formula is C23H21N5O3. The maximum absolute atomic E-state index is 12.9. The highest BCUT2D eigenvalue weighted by atomic mass is 16.5. The molecule has 0 saturated heterocycles. The van der Waals surface area contributed by atoms with Crippen molar-refractivity contribution in [1.82, 2.24) is 20.1 Å². The van der Waals surface area contributed by atoms with Crippen LogP contribution < -0.4 is 20.9 Å². The van der Waals surface area contributed by atoms with Crippen molar-refractivity contribution in [3.63, 3.8) is 0 Å². The van der Waals surface area contributed by atoms with Gasteiger partial charge in [-0.05, 0) is 42.0 Å². The lowest BCUT2D eigenvalue weighted by Crippen LogP contribution is -2.31. The summed E-state index contributed by atoms with van der Waals surface area (Å²) in [5, 5.41) is 11.3. The summed E-state index contributed by atoms with van der Waals surface area (Å²) in [4.78, 5) is 29.3. The highest BCUT2D eigenvalue weighted by Crippen LogP contribution is 2.16. The number of pyridine rings is 1. The summed E-state index contributed by atoms with van der Waals surface area (Å²) in [5.41, 5.74) is 1.91. The molecule has 0 aliphatic rings. The number of carbonyl (C=O) groups excluding carboxylic acids is 1. The summed E-state index contributed by atoms with van der Waals surface area (Å²) in [7, 11) is 1.58. The van der Waals surface area contributed by atoms with Gasteiger partial charge in [-0.25, -0.2) is 9.48 Å². The topological polar surface area (TPSA) is 98.1 Å². The van der Waals surface area contributed by atoms with Crippen LogP contribution in [0.25, 0.3) is 10.8 Å². The van der Waals surface area contributed by atoms with Crippen LogP contribution in [0.3, 0.4) is 0 Å². The van der Waals surface area contributed by atoms with Gasteiger partial charge in [0.15, 0.2) is 0 Å². The molecule has 2 amide bonds. The van der Waals surface area contributed by atoms with Crippen LogP contribution in [0, 0.1) is 0 Å². The molecule has 31 heavy (non-hydrogen) atoms. The standard InChI is InChI=1S/C23H21N5O3/c1-31-18-10-8-17(9-11-18)26-23(30)25-14-21-19-6-2-3-7-20(19)22(29)28(27-21)15-16-5-4-12-24-13-16/h2-13H,14-15H2,1H3,(H2,25,26,30). The second-order valence-electron chi connectivity index (χ2n) is 6.85. The minimum absolute atomic E-state index is 0.163. The molecule has 2 aromatic heterocycles. The third kappa shape index (κ3) is 4.69. The molecule has 0 radical (unpaired) electrons. The summed E-state index contributed by atoms with van der Waals surface area (Å²) in [6, 6.07) is 17.6. The molecule has 0 spiro atoms. The van der Waals surface area contributed by atoms with Crippen LogP contribution >= 0.6 is 0 Å². The van der Waals surface area contributed by atoms with Crippen LogP contribution in [0.2, 0.25) is 0 Å². The van der Waals surface area contributed by atoms with Crippen molar-refractivity contribution < 1.29 is 9.53 Å².